The van der Waals surface area contributed by atoms with Crippen molar-refractivity contribution >= 4 is 33.3 Å². The molecule has 2 aromatic carbocycles. The Bertz CT molecular complexity index is 946. The van der Waals surface area contributed by atoms with E-state index in [0.717, 1.165) is 5.56 Å². The molecule has 146 valence electrons. The van der Waals surface area contributed by atoms with Crippen LogP contribution in [0.25, 0.3) is 0 Å². The van der Waals surface area contributed by atoms with Crippen molar-refractivity contribution in [2.45, 2.75) is 18.7 Å². The van der Waals surface area contributed by atoms with E-state index in [1.165, 1.54) is 7.11 Å². The number of nitrogens with two attached hydrogens (primary N) is 1. The fourth-order valence-electron chi connectivity index (χ4n) is 2.36. The Kier molecular flexibility index (Phi) is 7.06. The van der Waals surface area contributed by atoms with Crippen LogP contribution >= 0.6 is 11.6 Å². The molecule has 0 aromatic heterocycles. The Balaban J connectivity index is 1.93. The molecule has 4 N–H and O–H groups in total. The molecule has 27 heavy (non-hydrogen) atoms. The molecule has 0 atom stereocenters. The summed E-state index contributed by atoms with van der Waals surface area (Å²) in [5.74, 6) is 0.709. The summed E-state index contributed by atoms with van der Waals surface area (Å²) in [6.45, 7) is 3.92. The third-order valence-corrected chi connectivity index (χ3v) is 5.64. The van der Waals surface area contributed by atoms with Crippen molar-refractivity contribution in [3.8, 4) is 5.75 Å². The highest BCUT2D eigenvalue weighted by Crippen LogP contribution is 2.27. The van der Waals surface area contributed by atoms with Crippen molar-refractivity contribution in [1.82, 2.24) is 4.72 Å². The predicted octanol–water partition coefficient (Wildman–Crippen LogP) is 2.67. The van der Waals surface area contributed by atoms with Crippen LogP contribution in [-0.2, 0) is 10.0 Å². The summed E-state index contributed by atoms with van der Waals surface area (Å²) in [4.78, 5) is 4.38. The van der Waals surface area contributed by atoms with Crippen LogP contribution in [0.1, 0.15) is 11.1 Å². The second kappa shape index (κ2) is 9.07. The normalized spacial score (nSPS) is 12.1. The molecule has 7 nitrogen and oxygen atoms in total. The molecule has 0 saturated heterocycles. The molecule has 0 aliphatic carbocycles. The van der Waals surface area contributed by atoms with E-state index >= 15 is 0 Å². The predicted molar refractivity (Wildman–Crippen MR) is 109 cm³/mol. The van der Waals surface area contributed by atoms with E-state index in [4.69, 9.17) is 22.1 Å². The van der Waals surface area contributed by atoms with Gasteiger partial charge in [-0.1, -0.05) is 23.7 Å². The molecule has 2 aromatic rings. The molecule has 0 radical (unpaired) electrons. The monoisotopic (exact) mass is 410 g/mol. The second-order valence-corrected chi connectivity index (χ2v) is 8.05. The number of nitrogens with one attached hydrogen (secondary N) is 2. The molecule has 2 rings (SSSR count). The minimum absolute atomic E-state index is 0.126. The summed E-state index contributed by atoms with van der Waals surface area (Å²) in [5.41, 5.74) is 8.04. The van der Waals surface area contributed by atoms with Crippen LogP contribution in [0.2, 0.25) is 5.02 Å². The molecular formula is C18H23ClN4O3S. The summed E-state index contributed by atoms with van der Waals surface area (Å²) < 4.78 is 32.4. The zero-order chi connectivity index (χ0) is 20.0. The minimum Gasteiger partial charge on any atom is -0.495 e. The second-order valence-electron chi connectivity index (χ2n) is 5.91. The van der Waals surface area contributed by atoms with Crippen molar-refractivity contribution in [3.63, 3.8) is 0 Å². The summed E-state index contributed by atoms with van der Waals surface area (Å²) in [5, 5.41) is 3.33. The highest BCUT2D eigenvalue weighted by Gasteiger charge is 2.16. The average molecular weight is 411 g/mol. The first-order valence-corrected chi connectivity index (χ1v) is 10.1. The topological polar surface area (TPSA) is 106 Å². The molecule has 0 aliphatic heterocycles. The first-order chi connectivity index (χ1) is 12.7. The zero-order valence-corrected chi connectivity index (χ0v) is 17.0. The van der Waals surface area contributed by atoms with E-state index in [1.54, 1.807) is 37.3 Å². The Labute approximate surface area is 164 Å². The molecule has 0 unspecified atom stereocenters. The maximum Gasteiger partial charge on any atom is 0.240 e. The fourth-order valence-corrected chi connectivity index (χ4v) is 3.97. The number of sulfonamides is 1. The van der Waals surface area contributed by atoms with Crippen molar-refractivity contribution in [2.24, 2.45) is 10.7 Å². The highest BCUT2D eigenvalue weighted by molar-refractivity contribution is 7.89. The zero-order valence-electron chi connectivity index (χ0n) is 15.4. The lowest BCUT2D eigenvalue weighted by Gasteiger charge is -2.10. The van der Waals surface area contributed by atoms with E-state index < -0.39 is 10.0 Å². The maximum atomic E-state index is 12.4. The molecular weight excluding hydrogens is 388 g/mol. The number of methoxy groups -OCH3 is 1. The number of anilines is 1. The number of guanidine groups is 1. The van der Waals surface area contributed by atoms with Gasteiger partial charge in [0.15, 0.2) is 5.96 Å². The van der Waals surface area contributed by atoms with Gasteiger partial charge in [-0.15, -0.1) is 0 Å². The number of hydrogen-bond acceptors (Lipinski definition) is 4. The maximum absolute atomic E-state index is 12.4. The lowest BCUT2D eigenvalue weighted by molar-refractivity contribution is 0.415. The van der Waals surface area contributed by atoms with Gasteiger partial charge in [-0.05, 0) is 49.2 Å². The van der Waals surface area contributed by atoms with Crippen LogP contribution < -0.4 is 20.5 Å². The summed E-state index contributed by atoms with van der Waals surface area (Å²) in [6.07, 6.45) is 0. The number of hydrogen-bond donors (Lipinski definition) is 3. The number of halogens is 1. The standard InChI is InChI=1S/C18H23ClN4O3S/c1-12-4-5-13(2)17(10-12)27(24,25)22-9-8-21-18(20)23-14-6-7-16(26-3)15(19)11-14/h4-7,10-11,22H,8-9H2,1-3H3,(H3,20,21,23). The number of ether oxygens (including phenoxy) is 1. The number of benzene rings is 2. The number of nitrogens with zero attached hydrogens (tertiary/aromatic N) is 1. The van der Waals surface area contributed by atoms with E-state index in [2.05, 4.69) is 15.0 Å². The third kappa shape index (κ3) is 5.85. The summed E-state index contributed by atoms with van der Waals surface area (Å²) in [7, 11) is -2.06. The van der Waals surface area contributed by atoms with Crippen molar-refractivity contribution < 1.29 is 13.2 Å². The van der Waals surface area contributed by atoms with Gasteiger partial charge in [0.2, 0.25) is 10.0 Å². The van der Waals surface area contributed by atoms with Crippen LogP contribution in [0.4, 0.5) is 5.69 Å². The van der Waals surface area contributed by atoms with Crippen molar-refractivity contribution in [1.29, 1.82) is 0 Å². The number of aryl methyl sites for hydroxylation is 2. The van der Waals surface area contributed by atoms with Gasteiger partial charge in [-0.2, -0.15) is 0 Å². The molecule has 0 saturated carbocycles. The van der Waals surface area contributed by atoms with E-state index in [0.29, 0.717) is 22.0 Å². The van der Waals surface area contributed by atoms with E-state index in [-0.39, 0.29) is 23.9 Å². The molecule has 0 aliphatic rings. The molecule has 9 heteroatoms. The third-order valence-electron chi connectivity index (χ3n) is 3.74. The van der Waals surface area contributed by atoms with Crippen LogP contribution in [-0.4, -0.2) is 34.6 Å². The van der Waals surface area contributed by atoms with Crippen molar-refractivity contribution in [3.05, 3.63) is 52.5 Å². The van der Waals surface area contributed by atoms with E-state index in [9.17, 15) is 8.42 Å². The van der Waals surface area contributed by atoms with Crippen LogP contribution in [0.5, 0.6) is 5.75 Å². The van der Waals surface area contributed by atoms with Crippen LogP contribution in [0.3, 0.4) is 0 Å². The van der Waals surface area contributed by atoms with Crippen LogP contribution in [0, 0.1) is 13.8 Å². The SMILES string of the molecule is COc1ccc(NC(N)=NCCNS(=O)(=O)c2cc(C)ccc2C)cc1Cl. The lowest BCUT2D eigenvalue weighted by atomic mass is 10.2. The Morgan fingerprint density at radius 2 is 1.96 bits per heavy atom. The molecule has 0 amide bonds. The largest absolute Gasteiger partial charge is 0.495 e. The smallest absolute Gasteiger partial charge is 0.240 e. The van der Waals surface area contributed by atoms with Gasteiger partial charge in [0, 0.05) is 12.2 Å². The molecule has 0 fully saturated rings. The molecule has 0 spiro atoms. The van der Waals surface area contributed by atoms with Gasteiger partial charge in [0.1, 0.15) is 5.75 Å². The Hall–Kier alpha value is -2.29. The number of rotatable bonds is 7. The van der Waals surface area contributed by atoms with Gasteiger partial charge < -0.3 is 15.8 Å². The van der Waals surface area contributed by atoms with Crippen molar-refractivity contribution in [2.75, 3.05) is 25.5 Å². The quantitative estimate of drug-likeness (QED) is 0.369. The molecule has 0 heterocycles. The summed E-state index contributed by atoms with van der Waals surface area (Å²) in [6, 6.07) is 10.4. The lowest BCUT2D eigenvalue weighted by Crippen LogP contribution is -2.29. The first-order valence-electron chi connectivity index (χ1n) is 8.20. The van der Waals surface area contributed by atoms with Gasteiger partial charge in [0.25, 0.3) is 0 Å². The average Bonchev–Trinajstić information content (AvgIpc) is 2.61. The fraction of sp³-hybridized carbons (Fsp3) is 0.278. The van der Waals surface area contributed by atoms with Gasteiger partial charge >= 0.3 is 0 Å². The first kappa shape index (κ1) is 21.0. The van der Waals surface area contributed by atoms with Gasteiger partial charge in [-0.25, -0.2) is 13.1 Å². The van der Waals surface area contributed by atoms with Gasteiger partial charge in [0.05, 0.1) is 23.6 Å². The number of aliphatic imine (C=N–C) groups is 1. The highest BCUT2D eigenvalue weighted by atomic mass is 35.5. The Morgan fingerprint density at radius 3 is 2.63 bits per heavy atom. The van der Waals surface area contributed by atoms with Gasteiger partial charge in [-0.3, -0.25) is 4.99 Å². The minimum atomic E-state index is -3.60. The van der Waals surface area contributed by atoms with E-state index in [1.807, 2.05) is 13.0 Å². The van der Waals surface area contributed by atoms with Crippen LogP contribution in [0.15, 0.2) is 46.3 Å². The molecule has 0 bridgehead atoms. The summed E-state index contributed by atoms with van der Waals surface area (Å²) >= 11 is 6.05. The Morgan fingerprint density at radius 1 is 1.22 bits per heavy atom.